The molecule has 1 heterocycles. The number of hydrogen-bond acceptors (Lipinski definition) is 4. The zero-order valence-electron chi connectivity index (χ0n) is 10.7. The molecule has 1 aliphatic rings. The van der Waals surface area contributed by atoms with Crippen molar-refractivity contribution in [1.29, 1.82) is 5.26 Å². The zero-order chi connectivity index (χ0) is 13.2. The molecular weight excluding hydrogens is 240 g/mol. The quantitative estimate of drug-likeness (QED) is 0.841. The second kappa shape index (κ2) is 4.77. The molecule has 0 N–H and O–H groups in total. The van der Waals surface area contributed by atoms with Crippen LogP contribution in [0.2, 0.25) is 0 Å². The maximum Gasteiger partial charge on any atom is 0.148 e. The van der Waals surface area contributed by atoms with Crippen LogP contribution in [0.3, 0.4) is 0 Å². The summed E-state index contributed by atoms with van der Waals surface area (Å²) in [4.78, 5) is 4.27. The Labute approximate surface area is 111 Å². The van der Waals surface area contributed by atoms with Crippen LogP contribution in [0.4, 0.5) is 0 Å². The van der Waals surface area contributed by atoms with E-state index in [2.05, 4.69) is 11.1 Å². The number of nitriles is 1. The van der Waals surface area contributed by atoms with Gasteiger partial charge in [-0.05, 0) is 37.0 Å². The van der Waals surface area contributed by atoms with Gasteiger partial charge in [-0.25, -0.2) is 0 Å². The van der Waals surface area contributed by atoms with Crippen molar-refractivity contribution in [3.05, 3.63) is 30.0 Å². The highest BCUT2D eigenvalue weighted by molar-refractivity contribution is 5.88. The lowest BCUT2D eigenvalue weighted by Gasteiger charge is -2.11. The average Bonchev–Trinajstić information content (AvgIpc) is 3.28. The molecule has 2 aromatic rings. The highest BCUT2D eigenvalue weighted by Crippen LogP contribution is 2.34. The van der Waals surface area contributed by atoms with Crippen LogP contribution < -0.4 is 9.47 Å². The van der Waals surface area contributed by atoms with Crippen molar-refractivity contribution in [1.82, 2.24) is 4.98 Å². The molecule has 0 atom stereocenters. The Morgan fingerprint density at radius 1 is 1.42 bits per heavy atom. The van der Waals surface area contributed by atoms with Crippen molar-refractivity contribution < 1.29 is 9.47 Å². The van der Waals surface area contributed by atoms with Gasteiger partial charge in [0.25, 0.3) is 0 Å². The minimum atomic E-state index is 0.474. The van der Waals surface area contributed by atoms with E-state index in [-0.39, 0.29) is 0 Å². The number of rotatable bonds is 4. The highest BCUT2D eigenvalue weighted by Gasteiger charge is 2.23. The first kappa shape index (κ1) is 11.8. The largest absolute Gasteiger partial charge is 0.497 e. The second-order valence-electron chi connectivity index (χ2n) is 4.75. The Bertz CT molecular complexity index is 657. The van der Waals surface area contributed by atoms with Gasteiger partial charge < -0.3 is 9.47 Å². The van der Waals surface area contributed by atoms with Crippen molar-refractivity contribution >= 4 is 10.9 Å². The van der Waals surface area contributed by atoms with E-state index >= 15 is 0 Å². The predicted molar refractivity (Wildman–Crippen MR) is 71.2 cm³/mol. The third-order valence-electron chi connectivity index (χ3n) is 3.31. The second-order valence-corrected chi connectivity index (χ2v) is 4.75. The maximum absolute atomic E-state index is 9.18. The van der Waals surface area contributed by atoms with Crippen LogP contribution in [0.15, 0.2) is 24.4 Å². The molecule has 0 radical (unpaired) electrons. The molecule has 1 fully saturated rings. The van der Waals surface area contributed by atoms with Crippen LogP contribution in [0.25, 0.3) is 10.9 Å². The summed E-state index contributed by atoms with van der Waals surface area (Å²) in [5, 5.41) is 10.0. The molecule has 96 valence electrons. The molecule has 0 spiro atoms. The molecule has 1 saturated carbocycles. The fraction of sp³-hybridized carbons (Fsp3) is 0.333. The first-order valence-electron chi connectivity index (χ1n) is 6.31. The molecule has 0 saturated heterocycles. The number of methoxy groups -OCH3 is 1. The molecule has 3 rings (SSSR count). The van der Waals surface area contributed by atoms with Gasteiger partial charge in [-0.2, -0.15) is 5.26 Å². The average molecular weight is 254 g/mol. The van der Waals surface area contributed by atoms with Gasteiger partial charge >= 0.3 is 0 Å². The van der Waals surface area contributed by atoms with Crippen molar-refractivity contribution in [2.45, 2.75) is 12.8 Å². The molecule has 1 aromatic carbocycles. The molecule has 0 aliphatic heterocycles. The molecule has 0 bridgehead atoms. The molecule has 0 unspecified atom stereocenters. The van der Waals surface area contributed by atoms with Crippen molar-refractivity contribution in [3.63, 3.8) is 0 Å². The normalized spacial score (nSPS) is 14.1. The van der Waals surface area contributed by atoms with Gasteiger partial charge in [-0.1, -0.05) is 0 Å². The Kier molecular flexibility index (Phi) is 2.96. The number of fused-ring (bicyclic) bond motifs is 1. The van der Waals surface area contributed by atoms with E-state index in [9.17, 15) is 5.26 Å². The van der Waals surface area contributed by atoms with E-state index in [1.54, 1.807) is 13.3 Å². The summed E-state index contributed by atoms with van der Waals surface area (Å²) in [7, 11) is 1.62. The van der Waals surface area contributed by atoms with Gasteiger partial charge in [0, 0.05) is 11.6 Å². The van der Waals surface area contributed by atoms with E-state index in [4.69, 9.17) is 9.47 Å². The summed E-state index contributed by atoms with van der Waals surface area (Å²) in [5.74, 6) is 2.00. The first-order valence-corrected chi connectivity index (χ1v) is 6.31. The number of hydrogen-bond donors (Lipinski definition) is 0. The molecule has 1 aromatic heterocycles. The molecule has 4 heteroatoms. The van der Waals surface area contributed by atoms with E-state index in [0.717, 1.165) is 16.7 Å². The minimum Gasteiger partial charge on any atom is -0.497 e. The van der Waals surface area contributed by atoms with Crippen molar-refractivity contribution in [2.75, 3.05) is 13.7 Å². The summed E-state index contributed by atoms with van der Waals surface area (Å²) >= 11 is 0. The summed E-state index contributed by atoms with van der Waals surface area (Å²) in [6.45, 7) is 0.672. The third kappa shape index (κ3) is 2.32. The van der Waals surface area contributed by atoms with E-state index in [0.29, 0.717) is 23.8 Å². The number of aromatic nitrogens is 1. The molecule has 1 aliphatic carbocycles. The topological polar surface area (TPSA) is 55.1 Å². The maximum atomic E-state index is 9.18. The van der Waals surface area contributed by atoms with E-state index in [1.807, 2.05) is 18.2 Å². The summed E-state index contributed by atoms with van der Waals surface area (Å²) < 4.78 is 11.1. The minimum absolute atomic E-state index is 0.474. The zero-order valence-corrected chi connectivity index (χ0v) is 10.7. The summed E-state index contributed by atoms with van der Waals surface area (Å²) in [6.07, 6.45) is 4.00. The monoisotopic (exact) mass is 254 g/mol. The smallest absolute Gasteiger partial charge is 0.148 e. The van der Waals surface area contributed by atoms with E-state index < -0.39 is 0 Å². The van der Waals surface area contributed by atoms with Gasteiger partial charge in [0.15, 0.2) is 0 Å². The van der Waals surface area contributed by atoms with Gasteiger partial charge in [0.05, 0.1) is 19.2 Å². The lowest BCUT2D eigenvalue weighted by atomic mass is 10.1. The van der Waals surface area contributed by atoms with Crippen LogP contribution in [0.1, 0.15) is 18.4 Å². The Hall–Kier alpha value is -2.28. The van der Waals surface area contributed by atoms with Crippen LogP contribution >= 0.6 is 0 Å². The number of ether oxygens (including phenoxy) is 2. The fourth-order valence-corrected chi connectivity index (χ4v) is 2.00. The van der Waals surface area contributed by atoms with Crippen molar-refractivity contribution in [3.8, 4) is 17.6 Å². The Balaban J connectivity index is 2.08. The predicted octanol–water partition coefficient (Wildman–Crippen LogP) is 2.90. The molecule has 4 nitrogen and oxygen atoms in total. The van der Waals surface area contributed by atoms with Crippen LogP contribution in [0, 0.1) is 17.2 Å². The van der Waals surface area contributed by atoms with Crippen LogP contribution in [-0.2, 0) is 0 Å². The molecule has 0 amide bonds. The van der Waals surface area contributed by atoms with Crippen molar-refractivity contribution in [2.24, 2.45) is 5.92 Å². The first-order chi connectivity index (χ1) is 9.31. The third-order valence-corrected chi connectivity index (χ3v) is 3.31. The van der Waals surface area contributed by atoms with E-state index in [1.165, 1.54) is 12.8 Å². The lowest BCUT2D eigenvalue weighted by molar-refractivity contribution is 0.302. The fourth-order valence-electron chi connectivity index (χ4n) is 2.00. The number of nitrogens with zero attached hydrogens (tertiary/aromatic N) is 2. The van der Waals surface area contributed by atoms with Crippen LogP contribution in [-0.4, -0.2) is 18.7 Å². The molecule has 19 heavy (non-hydrogen) atoms. The number of benzene rings is 1. The molecular formula is C15H14N2O2. The Morgan fingerprint density at radius 2 is 2.26 bits per heavy atom. The van der Waals surface area contributed by atoms with Gasteiger partial charge in [-0.3, -0.25) is 4.98 Å². The van der Waals surface area contributed by atoms with Gasteiger partial charge in [0.1, 0.15) is 23.1 Å². The lowest BCUT2D eigenvalue weighted by Crippen LogP contribution is -2.02. The standard InChI is InChI=1S/C15H14N2O2/c1-18-12-4-5-14-13(6-12)15(11(7-16)8-17-14)19-9-10-2-3-10/h4-6,8,10H,2-3,9H2,1H3. The van der Waals surface area contributed by atoms with Crippen LogP contribution in [0.5, 0.6) is 11.5 Å². The highest BCUT2D eigenvalue weighted by atomic mass is 16.5. The number of pyridine rings is 1. The summed E-state index contributed by atoms with van der Waals surface area (Å²) in [5.41, 5.74) is 1.28. The summed E-state index contributed by atoms with van der Waals surface area (Å²) in [6, 6.07) is 7.74. The SMILES string of the molecule is COc1ccc2ncc(C#N)c(OCC3CC3)c2c1. The van der Waals surface area contributed by atoms with Gasteiger partial charge in [0.2, 0.25) is 0 Å². The Morgan fingerprint density at radius 3 is 2.95 bits per heavy atom. The van der Waals surface area contributed by atoms with Gasteiger partial charge in [-0.15, -0.1) is 0 Å².